The zero-order valence-corrected chi connectivity index (χ0v) is 14.5. The second-order valence-electron chi connectivity index (χ2n) is 5.68. The number of likely N-dealkylation sites (N-methyl/N-ethyl adjacent to an activating group) is 1. The molecule has 0 spiro atoms. The van der Waals surface area contributed by atoms with E-state index in [1.165, 1.54) is 12.1 Å². The summed E-state index contributed by atoms with van der Waals surface area (Å²) in [6.07, 6.45) is 0.754. The van der Waals surface area contributed by atoms with Crippen LogP contribution in [-0.2, 0) is 4.79 Å². The Morgan fingerprint density at radius 3 is 2.54 bits per heavy atom. The Hall–Kier alpha value is -2.67. The van der Waals surface area contributed by atoms with Crippen molar-refractivity contribution in [2.24, 2.45) is 0 Å². The second-order valence-corrected chi connectivity index (χ2v) is 5.68. The minimum absolute atomic E-state index is 0.0604. The Morgan fingerprint density at radius 2 is 1.81 bits per heavy atom. The minimum atomic E-state index is -2.94. The molecule has 0 atom stereocenters. The van der Waals surface area contributed by atoms with Crippen molar-refractivity contribution in [1.29, 1.82) is 0 Å². The smallest absolute Gasteiger partial charge is 0.387 e. The quantitative estimate of drug-likeness (QED) is 0.654. The number of nitrogens with zero attached hydrogens (tertiary/aromatic N) is 1. The lowest BCUT2D eigenvalue weighted by atomic mass is 10.3. The van der Waals surface area contributed by atoms with Crippen LogP contribution in [-0.4, -0.2) is 44.2 Å². The van der Waals surface area contributed by atoms with Gasteiger partial charge in [-0.15, -0.1) is 0 Å². The number of halogens is 2. The minimum Gasteiger partial charge on any atom is -0.494 e. The molecule has 2 aromatic rings. The van der Waals surface area contributed by atoms with Gasteiger partial charge in [-0.05, 0) is 37.7 Å². The lowest BCUT2D eigenvalue weighted by Gasteiger charge is -2.17. The van der Waals surface area contributed by atoms with Gasteiger partial charge >= 0.3 is 6.61 Å². The maximum absolute atomic E-state index is 12.4. The van der Waals surface area contributed by atoms with Gasteiger partial charge in [0, 0.05) is 6.54 Å². The van der Waals surface area contributed by atoms with Crippen LogP contribution in [0.25, 0.3) is 0 Å². The molecule has 0 saturated heterocycles. The zero-order chi connectivity index (χ0) is 18.8. The predicted molar refractivity (Wildman–Crippen MR) is 95.8 cm³/mol. The second kappa shape index (κ2) is 10.4. The zero-order valence-electron chi connectivity index (χ0n) is 14.5. The van der Waals surface area contributed by atoms with E-state index in [9.17, 15) is 13.6 Å². The molecule has 0 unspecified atom stereocenters. The average molecular weight is 364 g/mol. The Labute approximate surface area is 151 Å². The third kappa shape index (κ3) is 7.06. The van der Waals surface area contributed by atoms with Crippen molar-refractivity contribution >= 4 is 11.6 Å². The van der Waals surface area contributed by atoms with Crippen molar-refractivity contribution in [2.45, 2.75) is 13.0 Å². The molecule has 26 heavy (non-hydrogen) atoms. The third-order valence-electron chi connectivity index (χ3n) is 3.49. The summed E-state index contributed by atoms with van der Waals surface area (Å²) in [6, 6.07) is 15.6. The van der Waals surface area contributed by atoms with Crippen molar-refractivity contribution < 1.29 is 23.0 Å². The van der Waals surface area contributed by atoms with Gasteiger partial charge in [0.25, 0.3) is 0 Å². The van der Waals surface area contributed by atoms with E-state index in [1.807, 2.05) is 42.3 Å². The van der Waals surface area contributed by atoms with Crippen LogP contribution in [0.15, 0.2) is 54.6 Å². The molecule has 1 amide bonds. The number of hydrogen-bond donors (Lipinski definition) is 1. The van der Waals surface area contributed by atoms with E-state index in [-0.39, 0.29) is 23.9 Å². The molecule has 0 bridgehead atoms. The summed E-state index contributed by atoms with van der Waals surface area (Å²) < 4.78 is 34.8. The monoisotopic (exact) mass is 364 g/mol. The van der Waals surface area contributed by atoms with E-state index in [4.69, 9.17) is 4.74 Å². The van der Waals surface area contributed by atoms with Crippen LogP contribution < -0.4 is 14.8 Å². The predicted octanol–water partition coefficient (Wildman–Crippen LogP) is 3.63. The SMILES string of the molecule is CN(CCCOc1ccccc1)CC(=O)Nc1ccccc1OC(F)F. The van der Waals surface area contributed by atoms with Crippen LogP contribution in [0.2, 0.25) is 0 Å². The van der Waals surface area contributed by atoms with Crippen molar-refractivity contribution in [3.05, 3.63) is 54.6 Å². The first-order chi connectivity index (χ1) is 12.5. The normalized spacial score (nSPS) is 10.8. The van der Waals surface area contributed by atoms with Crippen LogP contribution in [0, 0.1) is 0 Å². The van der Waals surface area contributed by atoms with Gasteiger partial charge in [-0.25, -0.2) is 0 Å². The number of anilines is 1. The van der Waals surface area contributed by atoms with Crippen LogP contribution in [0.5, 0.6) is 11.5 Å². The van der Waals surface area contributed by atoms with Gasteiger partial charge in [-0.1, -0.05) is 30.3 Å². The first-order valence-electron chi connectivity index (χ1n) is 8.24. The molecule has 0 fully saturated rings. The summed E-state index contributed by atoms with van der Waals surface area (Å²) in [5.74, 6) is 0.445. The lowest BCUT2D eigenvalue weighted by Crippen LogP contribution is -2.31. The molecule has 140 valence electrons. The Morgan fingerprint density at radius 1 is 1.12 bits per heavy atom. The Balaban J connectivity index is 1.72. The molecule has 1 N–H and O–H groups in total. The van der Waals surface area contributed by atoms with Crippen molar-refractivity contribution in [3.8, 4) is 11.5 Å². The number of ether oxygens (including phenoxy) is 2. The highest BCUT2D eigenvalue weighted by molar-refractivity contribution is 5.93. The van der Waals surface area contributed by atoms with Gasteiger partial charge in [0.1, 0.15) is 11.5 Å². The van der Waals surface area contributed by atoms with E-state index >= 15 is 0 Å². The summed E-state index contributed by atoms with van der Waals surface area (Å²) >= 11 is 0. The standard InChI is InChI=1S/C19H22F2N2O3/c1-23(12-7-13-25-15-8-3-2-4-9-15)14-18(24)22-16-10-5-6-11-17(16)26-19(20)21/h2-6,8-11,19H,7,12-14H2,1H3,(H,22,24). The van der Waals surface area contributed by atoms with Gasteiger partial charge < -0.3 is 14.8 Å². The molecular formula is C19H22F2N2O3. The molecule has 0 heterocycles. The van der Waals surface area contributed by atoms with Gasteiger partial charge in [-0.3, -0.25) is 9.69 Å². The molecule has 2 rings (SSSR count). The molecule has 0 aromatic heterocycles. The van der Waals surface area contributed by atoms with Gasteiger partial charge in [0.2, 0.25) is 5.91 Å². The van der Waals surface area contributed by atoms with Gasteiger partial charge in [0.05, 0.1) is 18.8 Å². The van der Waals surface area contributed by atoms with E-state index in [2.05, 4.69) is 10.1 Å². The third-order valence-corrected chi connectivity index (χ3v) is 3.49. The summed E-state index contributed by atoms with van der Waals surface area (Å²) in [4.78, 5) is 13.9. The van der Waals surface area contributed by atoms with Crippen LogP contribution in [0.1, 0.15) is 6.42 Å². The first kappa shape index (κ1) is 19.7. The molecule has 0 radical (unpaired) electrons. The number of nitrogens with one attached hydrogen (secondary N) is 1. The number of rotatable bonds is 10. The molecule has 0 aliphatic carbocycles. The Bertz CT molecular complexity index is 683. The maximum atomic E-state index is 12.4. The van der Waals surface area contributed by atoms with Crippen molar-refractivity contribution in [3.63, 3.8) is 0 Å². The number of benzene rings is 2. The summed E-state index contributed by atoms with van der Waals surface area (Å²) in [5.41, 5.74) is 0.221. The first-order valence-corrected chi connectivity index (χ1v) is 8.24. The fraction of sp³-hybridized carbons (Fsp3) is 0.316. The number of para-hydroxylation sites is 3. The van der Waals surface area contributed by atoms with Crippen molar-refractivity contribution in [1.82, 2.24) is 4.90 Å². The van der Waals surface area contributed by atoms with Crippen LogP contribution >= 0.6 is 0 Å². The fourth-order valence-electron chi connectivity index (χ4n) is 2.32. The number of alkyl halides is 2. The van der Waals surface area contributed by atoms with Crippen molar-refractivity contribution in [2.75, 3.05) is 32.1 Å². The van der Waals surface area contributed by atoms with Crippen LogP contribution in [0.4, 0.5) is 14.5 Å². The molecule has 0 aliphatic rings. The average Bonchev–Trinajstić information content (AvgIpc) is 2.61. The lowest BCUT2D eigenvalue weighted by molar-refractivity contribution is -0.117. The number of carbonyl (C=O) groups is 1. The summed E-state index contributed by atoms with van der Waals surface area (Å²) in [5, 5.41) is 2.59. The molecule has 7 heteroatoms. The highest BCUT2D eigenvalue weighted by Gasteiger charge is 2.12. The van der Waals surface area contributed by atoms with E-state index < -0.39 is 6.61 Å². The van der Waals surface area contributed by atoms with E-state index in [1.54, 1.807) is 12.1 Å². The highest BCUT2D eigenvalue weighted by atomic mass is 19.3. The van der Waals surface area contributed by atoms with E-state index in [0.717, 1.165) is 12.2 Å². The largest absolute Gasteiger partial charge is 0.494 e. The Kier molecular flexibility index (Phi) is 7.82. The summed E-state index contributed by atoms with van der Waals surface area (Å²) in [7, 11) is 1.81. The molecule has 0 saturated carbocycles. The number of hydrogen-bond acceptors (Lipinski definition) is 4. The van der Waals surface area contributed by atoms with Crippen LogP contribution in [0.3, 0.4) is 0 Å². The number of amides is 1. The van der Waals surface area contributed by atoms with Gasteiger partial charge in [0.15, 0.2) is 0 Å². The molecular weight excluding hydrogens is 342 g/mol. The highest BCUT2D eigenvalue weighted by Crippen LogP contribution is 2.25. The molecule has 5 nitrogen and oxygen atoms in total. The summed E-state index contributed by atoms with van der Waals surface area (Å²) in [6.45, 7) is -1.61. The maximum Gasteiger partial charge on any atom is 0.387 e. The topological polar surface area (TPSA) is 50.8 Å². The van der Waals surface area contributed by atoms with E-state index in [0.29, 0.717) is 13.2 Å². The number of carbonyl (C=O) groups excluding carboxylic acids is 1. The molecule has 2 aromatic carbocycles. The molecule has 0 aliphatic heterocycles. The fourth-order valence-corrected chi connectivity index (χ4v) is 2.32. The van der Waals surface area contributed by atoms with Gasteiger partial charge in [-0.2, -0.15) is 8.78 Å².